The first kappa shape index (κ1) is 25.5. The molecule has 0 saturated heterocycles. The summed E-state index contributed by atoms with van der Waals surface area (Å²) >= 11 is 16.9. The van der Waals surface area contributed by atoms with Crippen molar-refractivity contribution in [2.24, 2.45) is 0 Å². The molecule has 0 radical (unpaired) electrons. The molecule has 4 rings (SSSR count). The lowest BCUT2D eigenvalue weighted by molar-refractivity contribution is -0.118. The van der Waals surface area contributed by atoms with Gasteiger partial charge in [0.15, 0.2) is 0 Å². The SMILES string of the molecule is CCSc1ccc(C(COC)C(=O)Nc2cc(Cl)c(-c3ccc(SC4CC4)cc3)c(Cl)c2)cc1. The Kier molecular flexibility index (Phi) is 8.89. The summed E-state index contributed by atoms with van der Waals surface area (Å²) in [6, 6.07) is 19.9. The number of halogens is 2. The molecule has 1 aliphatic rings. The maximum absolute atomic E-state index is 13.1. The van der Waals surface area contributed by atoms with Gasteiger partial charge >= 0.3 is 0 Å². The van der Waals surface area contributed by atoms with E-state index in [1.165, 1.54) is 22.6 Å². The van der Waals surface area contributed by atoms with Crippen molar-refractivity contribution in [2.75, 3.05) is 24.8 Å². The van der Waals surface area contributed by atoms with E-state index >= 15 is 0 Å². The molecule has 3 aromatic rings. The fourth-order valence-electron chi connectivity index (χ4n) is 3.68. The Hall–Kier alpha value is -1.63. The van der Waals surface area contributed by atoms with Crippen LogP contribution in [0.5, 0.6) is 0 Å². The first-order valence-electron chi connectivity index (χ1n) is 11.3. The monoisotopic (exact) mass is 531 g/mol. The van der Waals surface area contributed by atoms with Crippen molar-refractivity contribution in [1.82, 2.24) is 0 Å². The number of hydrogen-bond donors (Lipinski definition) is 1. The van der Waals surface area contributed by atoms with E-state index in [0.717, 1.165) is 27.7 Å². The van der Waals surface area contributed by atoms with E-state index in [1.54, 1.807) is 31.0 Å². The number of rotatable bonds is 10. The molecule has 1 saturated carbocycles. The van der Waals surface area contributed by atoms with Crippen LogP contribution in [-0.2, 0) is 9.53 Å². The summed E-state index contributed by atoms with van der Waals surface area (Å²) in [7, 11) is 1.60. The molecule has 0 aliphatic heterocycles. The molecule has 0 bridgehead atoms. The van der Waals surface area contributed by atoms with Crippen LogP contribution in [0.3, 0.4) is 0 Å². The van der Waals surface area contributed by atoms with Crippen LogP contribution in [0, 0.1) is 0 Å². The highest BCUT2D eigenvalue weighted by Crippen LogP contribution is 2.41. The van der Waals surface area contributed by atoms with Crippen molar-refractivity contribution in [3.8, 4) is 11.1 Å². The first-order valence-corrected chi connectivity index (χ1v) is 13.9. The molecule has 1 fully saturated rings. The third-order valence-corrected chi connectivity index (χ3v) is 8.36. The number of methoxy groups -OCH3 is 1. The zero-order chi connectivity index (χ0) is 24.1. The second-order valence-electron chi connectivity index (χ2n) is 8.16. The highest BCUT2D eigenvalue weighted by atomic mass is 35.5. The van der Waals surface area contributed by atoms with E-state index in [9.17, 15) is 4.79 Å². The second kappa shape index (κ2) is 11.9. The number of amides is 1. The third kappa shape index (κ3) is 6.52. The zero-order valence-corrected chi connectivity index (χ0v) is 22.3. The van der Waals surface area contributed by atoms with Crippen molar-refractivity contribution in [3.63, 3.8) is 0 Å². The second-order valence-corrected chi connectivity index (χ2v) is 11.7. The molecule has 1 N–H and O–H groups in total. The average Bonchev–Trinajstić information content (AvgIpc) is 3.63. The summed E-state index contributed by atoms with van der Waals surface area (Å²) in [5, 5.41) is 4.72. The van der Waals surface area contributed by atoms with Gasteiger partial charge in [0.2, 0.25) is 5.91 Å². The van der Waals surface area contributed by atoms with Crippen LogP contribution in [0.4, 0.5) is 5.69 Å². The smallest absolute Gasteiger partial charge is 0.234 e. The highest BCUT2D eigenvalue weighted by molar-refractivity contribution is 8.00. The van der Waals surface area contributed by atoms with Crippen molar-refractivity contribution in [2.45, 2.75) is 40.7 Å². The van der Waals surface area contributed by atoms with E-state index in [1.807, 2.05) is 48.2 Å². The largest absolute Gasteiger partial charge is 0.384 e. The summed E-state index contributed by atoms with van der Waals surface area (Å²) in [5.74, 6) is 0.390. The lowest BCUT2D eigenvalue weighted by atomic mass is 9.99. The molecule has 7 heteroatoms. The average molecular weight is 533 g/mol. The summed E-state index contributed by atoms with van der Waals surface area (Å²) < 4.78 is 5.34. The van der Waals surface area contributed by atoms with E-state index in [-0.39, 0.29) is 12.5 Å². The Balaban J connectivity index is 1.50. The number of carbonyl (C=O) groups is 1. The van der Waals surface area contributed by atoms with Gasteiger partial charge in [0.25, 0.3) is 0 Å². The predicted molar refractivity (Wildman–Crippen MR) is 147 cm³/mol. The van der Waals surface area contributed by atoms with Gasteiger partial charge in [0.05, 0.1) is 22.6 Å². The molecule has 1 amide bonds. The van der Waals surface area contributed by atoms with Gasteiger partial charge in [0, 0.05) is 33.4 Å². The van der Waals surface area contributed by atoms with Crippen molar-refractivity contribution in [1.29, 1.82) is 0 Å². The van der Waals surface area contributed by atoms with Crippen LogP contribution >= 0.6 is 46.7 Å². The molecular formula is C27H27Cl2NO2S2. The number of carbonyl (C=O) groups excluding carboxylic acids is 1. The fourth-order valence-corrected chi connectivity index (χ4v) is 6.10. The minimum atomic E-state index is -0.445. The molecule has 1 unspecified atom stereocenters. The summed E-state index contributed by atoms with van der Waals surface area (Å²) in [6.45, 7) is 2.39. The van der Waals surface area contributed by atoms with Gasteiger partial charge in [-0.2, -0.15) is 0 Å². The maximum Gasteiger partial charge on any atom is 0.234 e. The molecule has 1 aliphatic carbocycles. The number of benzene rings is 3. The van der Waals surface area contributed by atoms with Crippen LogP contribution in [-0.4, -0.2) is 30.6 Å². The number of nitrogens with one attached hydrogen (secondary N) is 1. The van der Waals surface area contributed by atoms with Crippen LogP contribution in [0.25, 0.3) is 11.1 Å². The summed E-state index contributed by atoms with van der Waals surface area (Å²) in [6.07, 6.45) is 2.59. The topological polar surface area (TPSA) is 38.3 Å². The maximum atomic E-state index is 13.1. The summed E-state index contributed by atoms with van der Waals surface area (Å²) in [5.41, 5.74) is 3.18. The van der Waals surface area contributed by atoms with Crippen LogP contribution < -0.4 is 5.32 Å². The Morgan fingerprint density at radius 3 is 2.21 bits per heavy atom. The number of anilines is 1. The normalized spacial score (nSPS) is 14.1. The predicted octanol–water partition coefficient (Wildman–Crippen LogP) is 8.40. The van der Waals surface area contributed by atoms with Gasteiger partial charge in [-0.3, -0.25) is 4.79 Å². The molecule has 3 nitrogen and oxygen atoms in total. The quantitative estimate of drug-likeness (QED) is 0.266. The van der Waals surface area contributed by atoms with Crippen molar-refractivity contribution < 1.29 is 9.53 Å². The molecule has 0 aromatic heterocycles. The van der Waals surface area contributed by atoms with Gasteiger partial charge in [-0.05, 0) is 66.1 Å². The standard InChI is InChI=1S/C27H27Cl2NO2S2/c1-3-33-20-8-4-17(5-9-20)23(16-32-2)27(31)30-19-14-24(28)26(25(29)15-19)18-6-10-21(11-7-18)34-22-12-13-22/h4-11,14-15,22-23H,3,12-13,16H2,1-2H3,(H,30,31). The van der Waals surface area contributed by atoms with Gasteiger partial charge < -0.3 is 10.1 Å². The van der Waals surface area contributed by atoms with E-state index in [2.05, 4.69) is 24.4 Å². The molecule has 0 spiro atoms. The van der Waals surface area contributed by atoms with Crippen LogP contribution in [0.15, 0.2) is 70.5 Å². The number of hydrogen-bond acceptors (Lipinski definition) is 4. The summed E-state index contributed by atoms with van der Waals surface area (Å²) in [4.78, 5) is 15.6. The Morgan fingerprint density at radius 1 is 1.03 bits per heavy atom. The molecule has 178 valence electrons. The van der Waals surface area contributed by atoms with Gasteiger partial charge in [-0.25, -0.2) is 0 Å². The Bertz CT molecular complexity index is 1110. The first-order chi connectivity index (χ1) is 16.5. The van der Waals surface area contributed by atoms with Gasteiger partial charge in [-0.15, -0.1) is 23.5 Å². The van der Waals surface area contributed by atoms with Gasteiger partial charge in [0.1, 0.15) is 0 Å². The number of ether oxygens (including phenoxy) is 1. The fraction of sp³-hybridized carbons (Fsp3) is 0.296. The minimum Gasteiger partial charge on any atom is -0.384 e. The van der Waals surface area contributed by atoms with Gasteiger partial charge in [-0.1, -0.05) is 54.4 Å². The van der Waals surface area contributed by atoms with E-state index in [0.29, 0.717) is 15.7 Å². The van der Waals surface area contributed by atoms with Crippen LogP contribution in [0.2, 0.25) is 10.0 Å². The zero-order valence-electron chi connectivity index (χ0n) is 19.1. The Morgan fingerprint density at radius 2 is 1.65 bits per heavy atom. The van der Waals surface area contributed by atoms with Crippen molar-refractivity contribution in [3.05, 3.63) is 76.3 Å². The molecule has 3 aromatic carbocycles. The molecule has 0 heterocycles. The lowest BCUT2D eigenvalue weighted by Gasteiger charge is -2.18. The molecular weight excluding hydrogens is 505 g/mol. The van der Waals surface area contributed by atoms with E-state index in [4.69, 9.17) is 27.9 Å². The third-order valence-electron chi connectivity index (χ3n) is 5.52. The Labute approximate surface area is 220 Å². The van der Waals surface area contributed by atoms with Crippen molar-refractivity contribution >= 4 is 58.3 Å². The van der Waals surface area contributed by atoms with E-state index < -0.39 is 5.92 Å². The van der Waals surface area contributed by atoms with Crippen LogP contribution in [0.1, 0.15) is 31.2 Å². The lowest BCUT2D eigenvalue weighted by Crippen LogP contribution is -2.24. The highest BCUT2D eigenvalue weighted by Gasteiger charge is 2.23. The number of thioether (sulfide) groups is 2. The minimum absolute atomic E-state index is 0.168. The molecule has 1 atom stereocenters. The molecule has 34 heavy (non-hydrogen) atoms.